The van der Waals surface area contributed by atoms with E-state index in [9.17, 15) is 37.5 Å². The number of carboxylic acid groups (broad SMARTS) is 3. The lowest BCUT2D eigenvalue weighted by Gasteiger charge is -2.17. The number of aryl methyl sites for hydroxylation is 1. The van der Waals surface area contributed by atoms with E-state index in [0.717, 1.165) is 39.1 Å². The molecular formula is C77H76ClF2N11O18. The van der Waals surface area contributed by atoms with Crippen LogP contribution in [0, 0.1) is 11.9 Å². The molecule has 9 N–H and O–H groups in total. The van der Waals surface area contributed by atoms with Crippen LogP contribution in [0.15, 0.2) is 159 Å². The number of urea groups is 2. The molecule has 3 aliphatic rings. The van der Waals surface area contributed by atoms with E-state index >= 15 is 0 Å². The number of methoxy groups -OCH3 is 5. The molecule has 3 aromatic carbocycles. The summed E-state index contributed by atoms with van der Waals surface area (Å²) in [5.74, 6) is -1.45. The fourth-order valence-corrected chi connectivity index (χ4v) is 12.3. The van der Waals surface area contributed by atoms with E-state index in [-0.39, 0.29) is 43.5 Å². The number of aliphatic carboxylic acids is 3. The Bertz CT molecular complexity index is 4950. The molecule has 5 amide bonds. The SMILES string of the molecule is COc1cc(/C=C2/C(C)=C(NC(=O)NCc3ccco3)c3cc(Cl)cnc32)cc(OC)c1OCC(=O)O.COc1cc(CC2=C(C)C(NC(=O)NCc3ccco3)c3cc(F)ncc32)cc(OC)c1OCC(=O)O.COc1cc(CC2=NC(CC(=O)NCc3cccn3C)c3nc(F)ccc32)ccc1NCC(=O)O. The highest BCUT2D eigenvalue weighted by Crippen LogP contribution is 2.47. The molecule has 2 aliphatic carbocycles. The molecule has 32 heteroatoms. The minimum atomic E-state index is -1.14. The summed E-state index contributed by atoms with van der Waals surface area (Å²) >= 11 is 6.22. The Kier molecular flexibility index (Phi) is 26.0. The minimum Gasteiger partial charge on any atom is -0.495 e. The summed E-state index contributed by atoms with van der Waals surface area (Å²) in [4.78, 5) is 87.8. The van der Waals surface area contributed by atoms with Crippen molar-refractivity contribution in [3.05, 3.63) is 230 Å². The molecule has 0 fully saturated rings. The lowest BCUT2D eigenvalue weighted by molar-refractivity contribution is -0.140. The molecule has 0 spiro atoms. The van der Waals surface area contributed by atoms with Crippen molar-refractivity contribution in [2.75, 3.05) is 60.6 Å². The number of aromatic nitrogens is 4. The van der Waals surface area contributed by atoms with Crippen LogP contribution in [0.3, 0.4) is 0 Å². The molecule has 0 radical (unpaired) electrons. The molecule has 1 aliphatic heterocycles. The maximum absolute atomic E-state index is 14.1. The van der Waals surface area contributed by atoms with Gasteiger partial charge in [-0.15, -0.1) is 0 Å². The number of fused-ring (bicyclic) bond motifs is 3. The van der Waals surface area contributed by atoms with Crippen molar-refractivity contribution < 1.29 is 94.9 Å². The number of furan rings is 2. The lowest BCUT2D eigenvalue weighted by Crippen LogP contribution is -2.37. The largest absolute Gasteiger partial charge is 0.495 e. The molecule has 12 rings (SSSR count). The zero-order valence-electron chi connectivity index (χ0n) is 60.1. The van der Waals surface area contributed by atoms with Crippen LogP contribution < -0.4 is 65.1 Å². The average Bonchev–Trinajstić information content (AvgIpc) is 1.63. The number of hydrogen-bond acceptors (Lipinski definition) is 20. The van der Waals surface area contributed by atoms with Crippen molar-refractivity contribution in [1.29, 1.82) is 0 Å². The van der Waals surface area contributed by atoms with Crippen molar-refractivity contribution in [2.45, 2.75) is 64.8 Å². The maximum atomic E-state index is 14.1. The summed E-state index contributed by atoms with van der Waals surface area (Å²) < 4.78 is 78.3. The smallest absolute Gasteiger partial charge is 0.341 e. The van der Waals surface area contributed by atoms with E-state index in [1.165, 1.54) is 72.6 Å². The van der Waals surface area contributed by atoms with Crippen molar-refractivity contribution in [2.24, 2.45) is 12.0 Å². The van der Waals surface area contributed by atoms with Gasteiger partial charge in [0, 0.05) is 65.7 Å². The summed E-state index contributed by atoms with van der Waals surface area (Å²) in [6.07, 6.45) is 10.6. The number of allylic oxidation sites excluding steroid dienone is 3. The number of nitrogens with zero attached hydrogens (tertiary/aromatic N) is 5. The fourth-order valence-electron chi connectivity index (χ4n) is 12.1. The first-order valence-electron chi connectivity index (χ1n) is 33.5. The summed E-state index contributed by atoms with van der Waals surface area (Å²) in [5.41, 5.74) is 12.0. The standard InChI is InChI=1S/C26H24ClN3O7.C26H26FN3O7.C25H26FN5O4/c1-14-18(7-15-8-20(34-2)25(21(9-15)35-3)37-13-22(31)32)24-19(10-16(27)11-28-24)23(14)30-26(33)29-12-17-5-4-6-36-17;1-14-17(7-15-8-20(34-2)25(21(9-15)35-3)37-13-23(31)32)19-12-28-22(27)10-18(19)24(14)30-26(33)29-11-16-5-4-6-36-16;1-31-9-3-4-16(31)13-28-23(32)12-20-25-17(6-8-22(26)30-25)19(29-20)10-15-5-7-18(21(11-15)35-2)27-14-24(33)34/h4-11H,12-13H2,1-3H3,(H,31,32)(H2,29,30,33);4-6,8-10,12,24H,7,11,13H2,1-3H3,(H,31,32)(H2,29,30,33);3-9,11,20,27H,10,12-14H2,1-2H3,(H,28,32)(H,33,34)/b18-7-;;. The number of anilines is 1. The molecule has 0 saturated carbocycles. The highest BCUT2D eigenvalue weighted by Gasteiger charge is 2.34. The topological polar surface area (TPSA) is 382 Å². The summed E-state index contributed by atoms with van der Waals surface area (Å²) in [6.45, 7) is 3.20. The fraction of sp³-hybridized carbons (Fsp3) is 0.247. The summed E-state index contributed by atoms with van der Waals surface area (Å²) in [5, 5.41) is 44.3. The second-order valence-corrected chi connectivity index (χ2v) is 24.9. The first kappa shape index (κ1) is 78.4. The Hall–Kier alpha value is -13.2. The van der Waals surface area contributed by atoms with Crippen LogP contribution in [0.1, 0.15) is 99.9 Å². The number of aliphatic imine (C=N–C) groups is 1. The number of amides is 5. The zero-order chi connectivity index (χ0) is 78.0. The van der Waals surface area contributed by atoms with Gasteiger partial charge in [-0.25, -0.2) is 29.1 Å². The average molecular weight is 1520 g/mol. The van der Waals surface area contributed by atoms with Gasteiger partial charge in [-0.2, -0.15) is 8.78 Å². The second-order valence-electron chi connectivity index (χ2n) is 24.4. The Morgan fingerprint density at radius 2 is 1.27 bits per heavy atom. The zero-order valence-corrected chi connectivity index (χ0v) is 60.9. The highest BCUT2D eigenvalue weighted by atomic mass is 35.5. The quantitative estimate of drug-likeness (QED) is 0.0197. The molecule has 29 nitrogen and oxygen atoms in total. The number of ether oxygens (including phenoxy) is 7. The van der Waals surface area contributed by atoms with Crippen LogP contribution in [0.25, 0.3) is 22.9 Å². The maximum Gasteiger partial charge on any atom is 0.341 e. The molecule has 6 aromatic heterocycles. The van der Waals surface area contributed by atoms with Gasteiger partial charge in [0.1, 0.15) is 29.9 Å². The Morgan fingerprint density at radius 1 is 0.642 bits per heavy atom. The first-order chi connectivity index (χ1) is 52.4. The molecule has 7 heterocycles. The van der Waals surface area contributed by atoms with E-state index in [0.29, 0.717) is 121 Å². The van der Waals surface area contributed by atoms with Gasteiger partial charge >= 0.3 is 30.0 Å². The molecule has 9 aromatic rings. The Balaban J connectivity index is 0.000000174. The number of carbonyl (C=O) groups is 6. The second kappa shape index (κ2) is 36.2. The normalized spacial score (nSPS) is 13.9. The number of carboxylic acids is 3. The van der Waals surface area contributed by atoms with Crippen LogP contribution in [0.5, 0.6) is 40.2 Å². The number of nitrogens with one attached hydrogen (secondary N) is 6. The van der Waals surface area contributed by atoms with Crippen molar-refractivity contribution >= 4 is 81.8 Å². The van der Waals surface area contributed by atoms with Crippen molar-refractivity contribution in [1.82, 2.24) is 46.1 Å². The van der Waals surface area contributed by atoms with Crippen LogP contribution in [0.4, 0.5) is 24.1 Å². The van der Waals surface area contributed by atoms with Gasteiger partial charge in [-0.3, -0.25) is 19.6 Å². The molecule has 568 valence electrons. The Morgan fingerprint density at radius 3 is 1.85 bits per heavy atom. The van der Waals surface area contributed by atoms with Crippen LogP contribution in [-0.2, 0) is 58.7 Å². The predicted molar refractivity (Wildman–Crippen MR) is 395 cm³/mol. The van der Waals surface area contributed by atoms with Gasteiger partial charge in [-0.05, 0) is 162 Å². The number of benzene rings is 3. The van der Waals surface area contributed by atoms with Crippen molar-refractivity contribution in [3.8, 4) is 40.2 Å². The monoisotopic (exact) mass is 1520 g/mol. The lowest BCUT2D eigenvalue weighted by atomic mass is 9.98. The van der Waals surface area contributed by atoms with Crippen LogP contribution in [0.2, 0.25) is 5.02 Å². The number of pyridine rings is 3. The van der Waals surface area contributed by atoms with Gasteiger partial charge in [0.2, 0.25) is 29.3 Å². The Labute approximate surface area is 627 Å². The van der Waals surface area contributed by atoms with E-state index in [1.807, 2.05) is 55.9 Å². The number of hydrogen-bond donors (Lipinski definition) is 9. The molecule has 0 saturated heterocycles. The van der Waals surface area contributed by atoms with E-state index in [2.05, 4.69) is 46.9 Å². The third-order valence-corrected chi connectivity index (χ3v) is 17.5. The summed E-state index contributed by atoms with van der Waals surface area (Å²) in [7, 11) is 9.18. The van der Waals surface area contributed by atoms with Crippen molar-refractivity contribution in [3.63, 3.8) is 0 Å². The molecule has 109 heavy (non-hydrogen) atoms. The highest BCUT2D eigenvalue weighted by molar-refractivity contribution is 6.30. The van der Waals surface area contributed by atoms with Gasteiger partial charge in [0.05, 0.1) is 108 Å². The number of rotatable bonds is 29. The summed E-state index contributed by atoms with van der Waals surface area (Å²) in [6, 6.07) is 27.0. The van der Waals surface area contributed by atoms with Gasteiger partial charge in [0.15, 0.2) is 36.2 Å². The van der Waals surface area contributed by atoms with E-state index in [4.69, 9.17) is 73.9 Å². The minimum absolute atomic E-state index is 0.0543. The third kappa shape index (κ3) is 19.9. The molecular weight excluding hydrogens is 1440 g/mol. The van der Waals surface area contributed by atoms with Crippen LogP contribution in [-0.4, -0.2) is 132 Å². The van der Waals surface area contributed by atoms with Crippen LogP contribution >= 0.6 is 11.6 Å². The van der Waals surface area contributed by atoms with Gasteiger partial charge < -0.3 is 93.8 Å². The van der Waals surface area contributed by atoms with E-state index in [1.54, 1.807) is 72.8 Å². The molecule has 2 atom stereocenters. The van der Waals surface area contributed by atoms with Gasteiger partial charge in [0.25, 0.3) is 0 Å². The van der Waals surface area contributed by atoms with E-state index < -0.39 is 67.2 Å². The number of halogens is 3. The molecule has 2 unspecified atom stereocenters. The molecule has 0 bridgehead atoms. The van der Waals surface area contributed by atoms with Gasteiger partial charge in [-0.1, -0.05) is 17.7 Å². The first-order valence-corrected chi connectivity index (χ1v) is 33.8. The third-order valence-electron chi connectivity index (χ3n) is 17.3. The number of carbonyl (C=O) groups excluding carboxylic acids is 3. The predicted octanol–water partition coefficient (Wildman–Crippen LogP) is 11.3.